The second-order valence-electron chi connectivity index (χ2n) is 4.46. The molecule has 2 nitrogen and oxygen atoms in total. The molecule has 0 amide bonds. The van der Waals surface area contributed by atoms with E-state index in [1.807, 2.05) is 0 Å². The van der Waals surface area contributed by atoms with Crippen LogP contribution in [-0.2, 0) is 9.47 Å². The first kappa shape index (κ1) is 10.0. The third kappa shape index (κ3) is 3.11. The lowest BCUT2D eigenvalue weighted by atomic mass is 10.1. The minimum absolute atomic E-state index is 0.0745. The number of hydrogen-bond acceptors (Lipinski definition) is 2. The zero-order valence-corrected chi connectivity index (χ0v) is 8.59. The van der Waals surface area contributed by atoms with Crippen LogP contribution in [0.4, 0.5) is 0 Å². The van der Waals surface area contributed by atoms with E-state index >= 15 is 0 Å². The Morgan fingerprint density at radius 3 is 2.50 bits per heavy atom. The second-order valence-corrected chi connectivity index (χ2v) is 4.46. The van der Waals surface area contributed by atoms with Crippen LogP contribution in [-0.4, -0.2) is 24.9 Å². The van der Waals surface area contributed by atoms with Gasteiger partial charge in [0.1, 0.15) is 6.10 Å². The molecule has 0 saturated carbocycles. The Bertz CT molecular complexity index is 137. The van der Waals surface area contributed by atoms with E-state index in [1.165, 1.54) is 0 Å². The molecule has 1 aliphatic heterocycles. The Hall–Kier alpha value is -0.0800. The maximum absolute atomic E-state index is 5.74. The Morgan fingerprint density at radius 2 is 2.08 bits per heavy atom. The summed E-state index contributed by atoms with van der Waals surface area (Å²) in [7, 11) is 0. The van der Waals surface area contributed by atoms with Gasteiger partial charge < -0.3 is 9.47 Å². The van der Waals surface area contributed by atoms with Crippen LogP contribution in [0.1, 0.15) is 34.1 Å². The third-order valence-corrected chi connectivity index (χ3v) is 2.28. The average molecular weight is 172 g/mol. The van der Waals surface area contributed by atoms with Crippen LogP contribution in [0.5, 0.6) is 0 Å². The van der Waals surface area contributed by atoms with E-state index in [2.05, 4.69) is 27.7 Å². The molecular weight excluding hydrogens is 152 g/mol. The van der Waals surface area contributed by atoms with E-state index in [1.54, 1.807) is 0 Å². The van der Waals surface area contributed by atoms with Gasteiger partial charge >= 0.3 is 0 Å². The normalized spacial score (nSPS) is 23.2. The van der Waals surface area contributed by atoms with Crippen molar-refractivity contribution < 1.29 is 9.47 Å². The Morgan fingerprint density at radius 1 is 1.50 bits per heavy atom. The molecule has 0 spiro atoms. The van der Waals surface area contributed by atoms with Gasteiger partial charge in [-0.2, -0.15) is 0 Å². The first-order valence-corrected chi connectivity index (χ1v) is 4.78. The van der Waals surface area contributed by atoms with Crippen LogP contribution < -0.4 is 0 Å². The summed E-state index contributed by atoms with van der Waals surface area (Å²) in [6, 6.07) is 0. The maximum Gasteiger partial charge on any atom is 0.109 e. The summed E-state index contributed by atoms with van der Waals surface area (Å²) in [6.07, 6.45) is 1.47. The van der Waals surface area contributed by atoms with E-state index in [0.29, 0.717) is 6.10 Å². The Labute approximate surface area is 75.2 Å². The third-order valence-electron chi connectivity index (χ3n) is 2.28. The largest absolute Gasteiger partial charge is 0.373 e. The molecule has 1 unspecified atom stereocenters. The molecular formula is C10H20O2. The first-order chi connectivity index (χ1) is 5.52. The maximum atomic E-state index is 5.74. The lowest BCUT2D eigenvalue weighted by molar-refractivity contribution is -0.0401. The zero-order chi connectivity index (χ0) is 9.19. The van der Waals surface area contributed by atoms with Crippen molar-refractivity contribution in [3.8, 4) is 0 Å². The number of hydrogen-bond donors (Lipinski definition) is 0. The minimum atomic E-state index is -0.0745. The smallest absolute Gasteiger partial charge is 0.109 e. The molecule has 1 aliphatic rings. The topological polar surface area (TPSA) is 21.8 Å². The van der Waals surface area contributed by atoms with Gasteiger partial charge in [0, 0.05) is 6.61 Å². The van der Waals surface area contributed by atoms with Gasteiger partial charge in [-0.25, -0.2) is 0 Å². The van der Waals surface area contributed by atoms with Crippen molar-refractivity contribution in [2.75, 3.05) is 13.2 Å². The van der Waals surface area contributed by atoms with Crippen molar-refractivity contribution in [3.05, 3.63) is 0 Å². The van der Waals surface area contributed by atoms with Crippen molar-refractivity contribution in [2.45, 2.75) is 45.8 Å². The van der Waals surface area contributed by atoms with Crippen LogP contribution >= 0.6 is 0 Å². The van der Waals surface area contributed by atoms with E-state index in [4.69, 9.17) is 9.47 Å². The highest BCUT2D eigenvalue weighted by Gasteiger charge is 2.40. The molecule has 0 N–H and O–H groups in total. The van der Waals surface area contributed by atoms with Crippen molar-refractivity contribution in [3.63, 3.8) is 0 Å². The summed E-state index contributed by atoms with van der Waals surface area (Å²) < 4.78 is 10.9. The molecule has 0 aromatic heterocycles. The average Bonchev–Trinajstić information content (AvgIpc) is 2.65. The molecule has 0 bridgehead atoms. The molecule has 0 aliphatic carbocycles. The lowest BCUT2D eigenvalue weighted by Crippen LogP contribution is -2.31. The molecule has 2 heteroatoms. The van der Waals surface area contributed by atoms with Crippen molar-refractivity contribution in [2.24, 2.45) is 5.92 Å². The van der Waals surface area contributed by atoms with Gasteiger partial charge in [0.15, 0.2) is 0 Å². The minimum Gasteiger partial charge on any atom is -0.373 e. The second kappa shape index (κ2) is 3.75. The molecule has 1 saturated heterocycles. The van der Waals surface area contributed by atoms with Gasteiger partial charge in [-0.15, -0.1) is 0 Å². The summed E-state index contributed by atoms with van der Waals surface area (Å²) in [6.45, 7) is 10.4. The van der Waals surface area contributed by atoms with Crippen LogP contribution in [0.2, 0.25) is 0 Å². The Kier molecular flexibility index (Phi) is 3.13. The van der Waals surface area contributed by atoms with Crippen molar-refractivity contribution in [1.82, 2.24) is 0 Å². The fraction of sp³-hybridized carbons (Fsp3) is 1.00. The predicted molar refractivity (Wildman–Crippen MR) is 49.2 cm³/mol. The summed E-state index contributed by atoms with van der Waals surface area (Å²) in [5.41, 5.74) is -0.0745. The Balaban J connectivity index is 2.12. The molecule has 1 fully saturated rings. The van der Waals surface area contributed by atoms with Gasteiger partial charge in [0.25, 0.3) is 0 Å². The summed E-state index contributed by atoms with van der Waals surface area (Å²) >= 11 is 0. The van der Waals surface area contributed by atoms with E-state index in [9.17, 15) is 0 Å². The fourth-order valence-corrected chi connectivity index (χ4v) is 1.10. The van der Waals surface area contributed by atoms with Crippen LogP contribution in [0, 0.1) is 5.92 Å². The highest BCUT2D eigenvalue weighted by molar-refractivity contribution is 4.88. The number of rotatable bonds is 5. The van der Waals surface area contributed by atoms with Gasteiger partial charge in [-0.3, -0.25) is 0 Å². The van der Waals surface area contributed by atoms with Crippen LogP contribution in [0.3, 0.4) is 0 Å². The summed E-state index contributed by atoms with van der Waals surface area (Å²) in [4.78, 5) is 0. The molecule has 72 valence electrons. The monoisotopic (exact) mass is 172 g/mol. The van der Waals surface area contributed by atoms with Gasteiger partial charge in [-0.05, 0) is 26.2 Å². The van der Waals surface area contributed by atoms with Crippen LogP contribution in [0.15, 0.2) is 0 Å². The molecule has 0 aromatic carbocycles. The molecule has 1 rings (SSSR count). The molecule has 1 atom stereocenters. The van der Waals surface area contributed by atoms with Gasteiger partial charge in [-0.1, -0.05) is 13.8 Å². The number of ether oxygens (including phenoxy) is 2. The SMILES string of the molecule is CC(C)CCOC(C)(C)C1CO1. The van der Waals surface area contributed by atoms with Crippen LogP contribution in [0.25, 0.3) is 0 Å². The van der Waals surface area contributed by atoms with E-state index in [-0.39, 0.29) is 5.60 Å². The van der Waals surface area contributed by atoms with E-state index < -0.39 is 0 Å². The highest BCUT2D eigenvalue weighted by atomic mass is 16.6. The van der Waals surface area contributed by atoms with Crippen molar-refractivity contribution >= 4 is 0 Å². The van der Waals surface area contributed by atoms with Gasteiger partial charge in [0.05, 0.1) is 12.2 Å². The molecule has 0 radical (unpaired) electrons. The first-order valence-electron chi connectivity index (χ1n) is 4.78. The summed E-state index contributed by atoms with van der Waals surface area (Å²) in [5.74, 6) is 0.723. The van der Waals surface area contributed by atoms with Gasteiger partial charge in [0.2, 0.25) is 0 Å². The predicted octanol–water partition coefficient (Wildman–Crippen LogP) is 2.23. The fourth-order valence-electron chi connectivity index (χ4n) is 1.10. The highest BCUT2D eigenvalue weighted by Crippen LogP contribution is 2.27. The zero-order valence-electron chi connectivity index (χ0n) is 8.59. The molecule has 0 aromatic rings. The van der Waals surface area contributed by atoms with E-state index in [0.717, 1.165) is 25.6 Å². The quantitative estimate of drug-likeness (QED) is 0.593. The lowest BCUT2D eigenvalue weighted by Gasteiger charge is -2.23. The number of epoxide rings is 1. The molecule has 12 heavy (non-hydrogen) atoms. The standard InChI is InChI=1S/C10H20O2/c1-8(2)5-6-12-10(3,4)9-7-11-9/h8-9H,5-7H2,1-4H3. The van der Waals surface area contributed by atoms with Crippen molar-refractivity contribution in [1.29, 1.82) is 0 Å². The summed E-state index contributed by atoms with van der Waals surface area (Å²) in [5, 5.41) is 0. The molecule has 1 heterocycles.